The van der Waals surface area contributed by atoms with Crippen LogP contribution >= 0.6 is 11.6 Å². The molecule has 4 aromatic heterocycles. The molecular formula is C96H98BClLiN11O16. The van der Waals surface area contributed by atoms with Gasteiger partial charge in [0, 0.05) is 56.2 Å². The Hall–Kier alpha value is -13.7. The van der Waals surface area contributed by atoms with E-state index in [1.54, 1.807) is 121 Å². The molecule has 0 saturated heterocycles. The number of para-hydroxylation sites is 6. The normalized spacial score (nSPS) is 10.4. The summed E-state index contributed by atoms with van der Waals surface area (Å²) in [6.45, 7) is 20.3. The zero-order valence-electron chi connectivity index (χ0n) is 72.0. The monoisotopic (exact) mass is 1710 g/mol. The number of nitrogens with one attached hydrogen (secondary N) is 2. The number of carboxylic acids is 1. The molecule has 0 atom stereocenters. The van der Waals surface area contributed by atoms with Gasteiger partial charge in [-0.05, 0) is 173 Å². The third kappa shape index (κ3) is 29.2. The number of halogens is 1. The molecule has 0 aliphatic carbocycles. The van der Waals surface area contributed by atoms with Crippen LogP contribution in [0, 0.1) is 0 Å². The molecule has 8 N–H and O–H groups in total. The minimum absolute atomic E-state index is 0. The molecule has 0 saturated carbocycles. The number of nitrogen functional groups attached to an aromatic ring is 1. The molecule has 0 aliphatic heterocycles. The molecule has 126 heavy (non-hydrogen) atoms. The second-order valence-corrected chi connectivity index (χ2v) is 28.6. The van der Waals surface area contributed by atoms with E-state index >= 15 is 0 Å². The summed E-state index contributed by atoms with van der Waals surface area (Å²) in [4.78, 5) is 118. The van der Waals surface area contributed by atoms with Gasteiger partial charge in [0.1, 0.15) is 11.3 Å². The first-order valence-electron chi connectivity index (χ1n) is 40.3. The molecule has 0 bridgehead atoms. The summed E-state index contributed by atoms with van der Waals surface area (Å²) in [5.74, 6) is -1.40. The summed E-state index contributed by atoms with van der Waals surface area (Å²) >= 11 is 5.74. The summed E-state index contributed by atoms with van der Waals surface area (Å²) in [7, 11) is -1.51. The maximum Gasteiger partial charge on any atom is 1.00 e. The number of hydrogen-bond acceptors (Lipinski definition) is 24. The minimum Gasteiger partial charge on any atom is -0.870 e. The fraction of sp³-hybridized carbons (Fsp3) is 0.219. The van der Waals surface area contributed by atoms with Gasteiger partial charge in [0.2, 0.25) is 5.28 Å². The molecule has 2 amide bonds. The number of amides is 2. The molecule has 0 radical (unpaired) electrons. The number of fused-ring (bicyclic) bond motifs is 4. The first-order valence-corrected chi connectivity index (χ1v) is 40.7. The number of aryl methyl sites for hydroxylation is 3. The Morgan fingerprint density at radius 3 is 1.23 bits per heavy atom. The Morgan fingerprint density at radius 2 is 0.794 bits per heavy atom. The Labute approximate surface area is 747 Å². The van der Waals surface area contributed by atoms with Crippen molar-refractivity contribution in [3.8, 4) is 34.2 Å². The number of esters is 4. The fourth-order valence-corrected chi connectivity index (χ4v) is 12.4. The van der Waals surface area contributed by atoms with Crippen LogP contribution in [0.5, 0.6) is 0 Å². The number of alkyl carbamates (subject to hydrolysis) is 1. The van der Waals surface area contributed by atoms with Crippen LogP contribution < -0.4 is 40.7 Å². The zero-order chi connectivity index (χ0) is 89.2. The fourth-order valence-electron chi connectivity index (χ4n) is 12.3. The van der Waals surface area contributed by atoms with E-state index in [1.165, 1.54) is 16.7 Å². The van der Waals surface area contributed by atoms with Gasteiger partial charge < -0.3 is 60.7 Å². The van der Waals surface area contributed by atoms with E-state index in [-0.39, 0.29) is 83.9 Å². The summed E-state index contributed by atoms with van der Waals surface area (Å²) in [5.41, 5.74) is 18.6. The van der Waals surface area contributed by atoms with E-state index in [2.05, 4.69) is 84.5 Å². The van der Waals surface area contributed by atoms with Gasteiger partial charge in [0.15, 0.2) is 34.6 Å². The van der Waals surface area contributed by atoms with Gasteiger partial charge >= 0.3 is 61.9 Å². The molecule has 0 aliphatic rings. The average Bonchev–Trinajstić information content (AvgIpc) is 0.773. The van der Waals surface area contributed by atoms with Crippen LogP contribution in [0.4, 0.5) is 16.2 Å². The predicted molar refractivity (Wildman–Crippen MR) is 484 cm³/mol. The van der Waals surface area contributed by atoms with Crippen molar-refractivity contribution in [2.75, 3.05) is 37.5 Å². The van der Waals surface area contributed by atoms with Crippen LogP contribution in [-0.4, -0.2) is 141 Å². The number of aromatic carboxylic acids is 1. The van der Waals surface area contributed by atoms with Gasteiger partial charge in [-0.25, -0.2) is 59.0 Å². The van der Waals surface area contributed by atoms with Crippen molar-refractivity contribution in [3.05, 3.63) is 304 Å². The first kappa shape index (κ1) is 99.4. The number of carbonyl (C=O) groups excluding carboxylic acids is 6. The molecule has 14 rings (SSSR count). The van der Waals surface area contributed by atoms with Gasteiger partial charge in [0.05, 0.1) is 61.3 Å². The second-order valence-electron chi connectivity index (χ2n) is 28.3. The molecule has 14 aromatic rings. The van der Waals surface area contributed by atoms with Gasteiger partial charge in [-0.15, -0.1) is 0 Å². The van der Waals surface area contributed by atoms with Crippen LogP contribution in [0.2, 0.25) is 5.28 Å². The van der Waals surface area contributed by atoms with Gasteiger partial charge in [-0.2, -0.15) is 0 Å². The van der Waals surface area contributed by atoms with Crippen molar-refractivity contribution in [2.45, 2.75) is 113 Å². The predicted octanol–water partition coefficient (Wildman–Crippen LogP) is 13.9. The molecule has 4 heterocycles. The van der Waals surface area contributed by atoms with Crippen LogP contribution in [-0.2, 0) is 71.9 Å². The number of rotatable bonds is 22. The van der Waals surface area contributed by atoms with E-state index < -0.39 is 36.7 Å². The van der Waals surface area contributed by atoms with E-state index in [0.29, 0.717) is 110 Å². The largest absolute Gasteiger partial charge is 1.00 e. The number of carboxylic acid groups (broad SMARTS) is 1. The van der Waals surface area contributed by atoms with E-state index in [4.69, 9.17) is 56.1 Å². The number of hydrogen-bond donors (Lipinski definition) is 6. The summed E-state index contributed by atoms with van der Waals surface area (Å²) < 4.78 is 25.0. The minimum atomic E-state index is -1.51. The maximum atomic E-state index is 13.4. The van der Waals surface area contributed by atoms with E-state index in [9.17, 15) is 38.7 Å². The van der Waals surface area contributed by atoms with Crippen molar-refractivity contribution in [2.24, 2.45) is 0 Å². The number of aromatic nitrogens is 8. The number of carbonyl (C=O) groups is 7. The molecule has 0 spiro atoms. The Kier molecular flexibility index (Phi) is 39.1. The first-order chi connectivity index (χ1) is 59.7. The molecule has 0 fully saturated rings. The Balaban J connectivity index is 0.000000212. The second kappa shape index (κ2) is 49.5. The number of benzene rings is 10. The summed E-state index contributed by atoms with van der Waals surface area (Å²) in [6, 6.07) is 74.4. The van der Waals surface area contributed by atoms with Gasteiger partial charge in [0.25, 0.3) is 5.91 Å². The smallest absolute Gasteiger partial charge is 0.870 e. The summed E-state index contributed by atoms with van der Waals surface area (Å²) in [6.07, 6.45) is 2.56. The van der Waals surface area contributed by atoms with Gasteiger partial charge in [-0.3, -0.25) is 14.4 Å². The van der Waals surface area contributed by atoms with Crippen LogP contribution in [0.1, 0.15) is 145 Å². The summed E-state index contributed by atoms with van der Waals surface area (Å²) in [5, 5.41) is 35.5. The third-order valence-corrected chi connectivity index (χ3v) is 18.4. The quantitative estimate of drug-likeness (QED) is 0.0121. The Morgan fingerprint density at radius 1 is 0.421 bits per heavy atom. The molecule has 0 unspecified atom stereocenters. The van der Waals surface area contributed by atoms with Crippen LogP contribution in [0.15, 0.2) is 243 Å². The van der Waals surface area contributed by atoms with Crippen molar-refractivity contribution in [1.82, 2.24) is 45.2 Å². The Bertz CT molecular complexity index is 6080. The number of ether oxygens (including phenoxy) is 5. The number of nitrogens with zero attached hydrogens (tertiary/aromatic N) is 8. The molecule has 30 heteroatoms. The number of nitrogens with two attached hydrogens (primary N) is 1. The standard InChI is InChI=1S/C27H25N3O3.C19H18N2O2.C17H14N2O2.C12H18BNO4.C11H9ClN2O2.C10H13NO2.Li.H2O/c1-3-18-10-9-12-20(16-18)26-28-23-15-8-6-13-21(23)25(30-26)27(32)29-22-14-7-5-11-19(22)17-24(31)33-4-2;1-3-13-8-7-9-14(12-13)18-20-16-11-6-5-10-15(16)17(21-18)19(22)23-4-2;1-2-11-6-5-7-12(10-11)16-18-14-9-4-3-8-13(14)15(19-16)17(20)21;1-12(2,3)18-11(15)14-8-9-5-4-6-10(7-9)13(16)17;1-2-16-10(15)9-7-5-3-4-6-8(7)13-11(12)14-9;1-2-13-10(12)7-8-5-3-4-6-9(8)11;;/h5-16H,3-4,17H2,1-2H3,(H,29,32);5-12H,3-4H2,1-2H3;3-10H,2H2,1H3,(H,20,21);4-7,16-17H,8H2,1-3H3,(H,14,15);3-6H,2H2,1H3;3-6H,2,7,11H2,1H3;;1H2/q;;;;;;+1;/p-1. The average molecular weight is 1720 g/mol. The SMILES string of the molecule is CC(C)(C)OC(=O)NCc1cccc(B(O)O)c1.CCOC(=O)Cc1ccccc1N.CCOC(=O)Cc1ccccc1NC(=O)c1nc(-c2cccc(CC)c2)nc2ccccc12.CCOC(=O)c1nc(-c2cccc(CC)c2)nc2ccccc12.CCOC(=O)c1nc(Cl)nc2ccccc12.CCc1cccc(-c2nc(C(=O)O)c3ccccc3n2)c1.[Li+].[OH-]. The molecule has 10 aromatic carbocycles. The topological polar surface area (TPSA) is 410 Å². The molecule has 27 nitrogen and oxygen atoms in total. The number of anilines is 2. The van der Waals surface area contributed by atoms with E-state index in [0.717, 1.165) is 52.6 Å². The van der Waals surface area contributed by atoms with Crippen molar-refractivity contribution >= 4 is 121 Å². The third-order valence-electron chi connectivity index (χ3n) is 18.2. The van der Waals surface area contributed by atoms with E-state index in [1.807, 2.05) is 152 Å². The van der Waals surface area contributed by atoms with Crippen molar-refractivity contribution in [3.63, 3.8) is 0 Å². The van der Waals surface area contributed by atoms with Gasteiger partial charge in [-0.1, -0.05) is 209 Å². The van der Waals surface area contributed by atoms with Crippen LogP contribution in [0.25, 0.3) is 77.8 Å². The molecule has 644 valence electrons. The van der Waals surface area contributed by atoms with Crippen molar-refractivity contribution in [1.29, 1.82) is 0 Å². The van der Waals surface area contributed by atoms with Crippen LogP contribution in [0.3, 0.4) is 0 Å². The maximum absolute atomic E-state index is 13.4. The molecular weight excluding hydrogens is 1620 g/mol. The zero-order valence-corrected chi connectivity index (χ0v) is 72.7. The van der Waals surface area contributed by atoms with Crippen molar-refractivity contribution < 1.29 is 96.7 Å².